The first-order valence-corrected chi connectivity index (χ1v) is 8.11. The number of hydrogen-bond acceptors (Lipinski definition) is 2. The Morgan fingerprint density at radius 3 is 2.25 bits per heavy atom. The van der Waals surface area contributed by atoms with E-state index < -0.39 is 0 Å². The fraction of sp³-hybridized carbons (Fsp3) is 0.588. The van der Waals surface area contributed by atoms with E-state index in [0.717, 1.165) is 6.42 Å². The van der Waals surface area contributed by atoms with Gasteiger partial charge in [-0.15, -0.1) is 0 Å². The van der Waals surface area contributed by atoms with Gasteiger partial charge in [0.05, 0.1) is 12.2 Å². The topological polar surface area (TPSA) is 29.5 Å². The molecule has 0 aliphatic carbocycles. The summed E-state index contributed by atoms with van der Waals surface area (Å²) in [5.41, 5.74) is 0.613. The standard InChI is InChI=1S/C17H26O2S/c1-2-3-4-5-6-7-8-11-14-19-16-13-10-9-12-15(16)17(18)20/h9-10,12-13H,2-8,11,14H2,1H3,(H,18,20). The molecule has 0 amide bonds. The average molecular weight is 294 g/mol. The maximum atomic E-state index is 9.40. The van der Waals surface area contributed by atoms with Crippen molar-refractivity contribution in [1.29, 1.82) is 0 Å². The van der Waals surface area contributed by atoms with Gasteiger partial charge in [0.2, 0.25) is 0 Å². The SMILES string of the molecule is CCCCCCCCCCOc1ccccc1C(O)=S. The lowest BCUT2D eigenvalue weighted by Crippen LogP contribution is -2.03. The van der Waals surface area contributed by atoms with Crippen LogP contribution in [-0.4, -0.2) is 16.8 Å². The second-order valence-corrected chi connectivity index (χ2v) is 5.51. The molecule has 1 N–H and O–H groups in total. The molecule has 0 fully saturated rings. The molecular weight excluding hydrogens is 268 g/mol. The van der Waals surface area contributed by atoms with Crippen LogP contribution in [0, 0.1) is 0 Å². The molecule has 0 bridgehead atoms. The van der Waals surface area contributed by atoms with E-state index in [1.165, 1.54) is 44.9 Å². The number of rotatable bonds is 11. The highest BCUT2D eigenvalue weighted by atomic mass is 32.1. The highest BCUT2D eigenvalue weighted by Gasteiger charge is 2.06. The Hall–Kier alpha value is -1.09. The summed E-state index contributed by atoms with van der Waals surface area (Å²) in [5, 5.41) is 9.30. The van der Waals surface area contributed by atoms with E-state index >= 15 is 0 Å². The maximum absolute atomic E-state index is 9.40. The van der Waals surface area contributed by atoms with Crippen LogP contribution < -0.4 is 4.74 Å². The minimum Gasteiger partial charge on any atom is -0.498 e. The molecule has 0 saturated heterocycles. The Morgan fingerprint density at radius 1 is 1.00 bits per heavy atom. The van der Waals surface area contributed by atoms with Crippen LogP contribution in [0.15, 0.2) is 24.3 Å². The van der Waals surface area contributed by atoms with Gasteiger partial charge >= 0.3 is 0 Å². The van der Waals surface area contributed by atoms with Crippen LogP contribution in [0.2, 0.25) is 0 Å². The second-order valence-electron chi connectivity index (χ2n) is 5.12. The van der Waals surface area contributed by atoms with Crippen molar-refractivity contribution in [3.05, 3.63) is 29.8 Å². The Labute approximate surface area is 128 Å². The molecule has 1 aromatic rings. The molecule has 0 spiro atoms. The lowest BCUT2D eigenvalue weighted by Gasteiger charge is -2.09. The van der Waals surface area contributed by atoms with Crippen LogP contribution in [-0.2, 0) is 0 Å². The van der Waals surface area contributed by atoms with E-state index in [1.807, 2.05) is 18.2 Å². The Balaban J connectivity index is 2.11. The predicted molar refractivity (Wildman–Crippen MR) is 88.9 cm³/mol. The molecule has 0 aromatic heterocycles. The first kappa shape index (κ1) is 17.0. The van der Waals surface area contributed by atoms with E-state index in [0.29, 0.717) is 17.9 Å². The highest BCUT2D eigenvalue weighted by Crippen LogP contribution is 2.19. The molecule has 112 valence electrons. The van der Waals surface area contributed by atoms with Crippen molar-refractivity contribution in [2.45, 2.75) is 58.3 Å². The molecule has 0 heterocycles. The number of benzene rings is 1. The smallest absolute Gasteiger partial charge is 0.192 e. The van der Waals surface area contributed by atoms with Gasteiger partial charge in [-0.1, -0.05) is 64.0 Å². The molecule has 0 unspecified atom stereocenters. The zero-order valence-electron chi connectivity index (χ0n) is 12.4. The van der Waals surface area contributed by atoms with Crippen LogP contribution in [0.5, 0.6) is 5.75 Å². The number of para-hydroxylation sites is 1. The summed E-state index contributed by atoms with van der Waals surface area (Å²) >= 11 is 4.80. The predicted octanol–water partition coefficient (Wildman–Crippen LogP) is 5.44. The summed E-state index contributed by atoms with van der Waals surface area (Å²) in [4.78, 5) is 0. The van der Waals surface area contributed by atoms with Crippen LogP contribution in [0.4, 0.5) is 0 Å². The molecule has 2 nitrogen and oxygen atoms in total. The zero-order valence-corrected chi connectivity index (χ0v) is 13.3. The van der Waals surface area contributed by atoms with E-state index in [1.54, 1.807) is 6.07 Å². The van der Waals surface area contributed by atoms with E-state index in [2.05, 4.69) is 6.92 Å². The minimum atomic E-state index is -0.100. The van der Waals surface area contributed by atoms with Gasteiger partial charge in [0.1, 0.15) is 5.75 Å². The van der Waals surface area contributed by atoms with Crippen molar-refractivity contribution in [2.24, 2.45) is 0 Å². The molecule has 0 radical (unpaired) electrons. The second kappa shape index (κ2) is 10.7. The summed E-state index contributed by atoms with van der Waals surface area (Å²) in [6.07, 6.45) is 10.3. The van der Waals surface area contributed by atoms with Crippen molar-refractivity contribution in [3.8, 4) is 5.75 Å². The molecule has 3 heteroatoms. The number of aliphatic hydroxyl groups is 1. The van der Waals surface area contributed by atoms with Gasteiger partial charge in [-0.25, -0.2) is 0 Å². The van der Waals surface area contributed by atoms with Gasteiger partial charge in [0.25, 0.3) is 0 Å². The minimum absolute atomic E-state index is 0.100. The van der Waals surface area contributed by atoms with Crippen LogP contribution in [0.3, 0.4) is 0 Å². The van der Waals surface area contributed by atoms with Gasteiger partial charge in [-0.2, -0.15) is 0 Å². The first-order valence-electron chi connectivity index (χ1n) is 7.70. The lowest BCUT2D eigenvalue weighted by molar-refractivity contribution is 0.303. The van der Waals surface area contributed by atoms with Crippen molar-refractivity contribution in [1.82, 2.24) is 0 Å². The number of ether oxygens (including phenoxy) is 1. The molecule has 0 saturated carbocycles. The van der Waals surface area contributed by atoms with E-state index in [4.69, 9.17) is 17.0 Å². The number of aliphatic hydroxyl groups excluding tert-OH is 1. The first-order chi connectivity index (χ1) is 9.75. The summed E-state index contributed by atoms with van der Waals surface area (Å²) in [5.74, 6) is 0.683. The Morgan fingerprint density at radius 2 is 1.60 bits per heavy atom. The Kier molecular flexibility index (Phi) is 9.05. The number of thiocarbonyl (C=S) groups is 1. The third kappa shape index (κ3) is 6.90. The quantitative estimate of drug-likeness (QED) is 0.435. The summed E-state index contributed by atoms with van der Waals surface area (Å²) < 4.78 is 5.70. The number of hydrogen-bond donors (Lipinski definition) is 1. The number of unbranched alkanes of at least 4 members (excludes halogenated alkanes) is 7. The summed E-state index contributed by atoms with van der Waals surface area (Å²) in [7, 11) is 0. The summed E-state index contributed by atoms with van der Waals surface area (Å²) in [6, 6.07) is 7.37. The largest absolute Gasteiger partial charge is 0.498 e. The van der Waals surface area contributed by atoms with Crippen molar-refractivity contribution >= 4 is 17.3 Å². The van der Waals surface area contributed by atoms with E-state index in [9.17, 15) is 5.11 Å². The monoisotopic (exact) mass is 294 g/mol. The van der Waals surface area contributed by atoms with Crippen molar-refractivity contribution < 1.29 is 9.84 Å². The zero-order chi connectivity index (χ0) is 14.6. The van der Waals surface area contributed by atoms with Crippen LogP contribution in [0.1, 0.15) is 63.9 Å². The molecule has 0 aliphatic rings. The molecular formula is C17H26O2S. The third-order valence-corrected chi connectivity index (χ3v) is 3.59. The third-order valence-electron chi connectivity index (χ3n) is 3.37. The van der Waals surface area contributed by atoms with Gasteiger partial charge in [-0.05, 0) is 30.8 Å². The highest BCUT2D eigenvalue weighted by molar-refractivity contribution is 7.80. The van der Waals surface area contributed by atoms with Crippen LogP contribution >= 0.6 is 12.2 Å². The van der Waals surface area contributed by atoms with E-state index in [-0.39, 0.29) is 5.05 Å². The lowest BCUT2D eigenvalue weighted by atomic mass is 10.1. The summed E-state index contributed by atoms with van der Waals surface area (Å²) in [6.45, 7) is 2.93. The maximum Gasteiger partial charge on any atom is 0.192 e. The fourth-order valence-corrected chi connectivity index (χ4v) is 2.36. The molecule has 20 heavy (non-hydrogen) atoms. The molecule has 1 rings (SSSR count). The van der Waals surface area contributed by atoms with Gasteiger partial charge in [0.15, 0.2) is 5.05 Å². The van der Waals surface area contributed by atoms with Gasteiger partial charge < -0.3 is 9.84 Å². The van der Waals surface area contributed by atoms with Crippen LogP contribution in [0.25, 0.3) is 0 Å². The Bertz CT molecular complexity index is 390. The molecule has 0 aliphatic heterocycles. The molecule has 0 atom stereocenters. The fourth-order valence-electron chi connectivity index (χ4n) is 2.19. The van der Waals surface area contributed by atoms with Crippen molar-refractivity contribution in [3.63, 3.8) is 0 Å². The average Bonchev–Trinajstić information content (AvgIpc) is 2.46. The normalized spacial score (nSPS) is 10.4. The van der Waals surface area contributed by atoms with Crippen molar-refractivity contribution in [2.75, 3.05) is 6.61 Å². The molecule has 1 aromatic carbocycles. The van der Waals surface area contributed by atoms with Gasteiger partial charge in [0, 0.05) is 0 Å². The van der Waals surface area contributed by atoms with Gasteiger partial charge in [-0.3, -0.25) is 0 Å².